The molecule has 0 spiro atoms. The third kappa shape index (κ3) is 3.24. The molecule has 2 aromatic carbocycles. The van der Waals surface area contributed by atoms with Crippen LogP contribution in [0, 0.1) is 10.1 Å². The predicted molar refractivity (Wildman–Crippen MR) is 90.5 cm³/mol. The second-order valence-corrected chi connectivity index (χ2v) is 5.42. The highest BCUT2D eigenvalue weighted by atomic mass is 16.6. The number of benzene rings is 2. The van der Waals surface area contributed by atoms with Crippen LogP contribution in [-0.2, 0) is 4.74 Å². The maximum atomic E-state index is 10.8. The number of hydrogen-bond acceptors (Lipinski definition) is 4. The number of ether oxygens (including phenoxy) is 1. The number of nitro benzene ring substituents is 1. The van der Waals surface area contributed by atoms with Gasteiger partial charge >= 0.3 is 0 Å². The Morgan fingerprint density at radius 1 is 1.22 bits per heavy atom. The van der Waals surface area contributed by atoms with E-state index in [-0.39, 0.29) is 11.8 Å². The minimum atomic E-state index is -0.391. The van der Waals surface area contributed by atoms with Crippen molar-refractivity contribution in [3.63, 3.8) is 0 Å². The Bertz CT molecular complexity index is 712. The fourth-order valence-corrected chi connectivity index (χ4v) is 2.83. The van der Waals surface area contributed by atoms with Crippen LogP contribution < -0.4 is 4.90 Å². The zero-order chi connectivity index (χ0) is 16.2. The number of anilines is 1. The molecule has 0 bridgehead atoms. The molecular weight excluding hydrogens is 292 g/mol. The Labute approximate surface area is 135 Å². The normalized spacial score (nSPS) is 17.7. The van der Waals surface area contributed by atoms with Crippen LogP contribution in [0.1, 0.15) is 17.2 Å². The predicted octanol–water partition coefficient (Wildman–Crippen LogP) is 3.82. The second-order valence-electron chi connectivity index (χ2n) is 5.42. The maximum Gasteiger partial charge on any atom is 0.269 e. The summed E-state index contributed by atoms with van der Waals surface area (Å²) in [5, 5.41) is 10.8. The highest BCUT2D eigenvalue weighted by molar-refractivity contribution is 5.67. The van der Waals surface area contributed by atoms with E-state index in [1.807, 2.05) is 24.3 Å². The Balaban J connectivity index is 1.80. The minimum absolute atomic E-state index is 0.0950. The van der Waals surface area contributed by atoms with Crippen LogP contribution in [0.2, 0.25) is 0 Å². The molecule has 118 valence electrons. The zero-order valence-corrected chi connectivity index (χ0v) is 12.7. The van der Waals surface area contributed by atoms with Crippen LogP contribution in [0.5, 0.6) is 0 Å². The molecule has 1 atom stereocenters. The van der Waals surface area contributed by atoms with E-state index in [1.165, 1.54) is 12.1 Å². The van der Waals surface area contributed by atoms with Gasteiger partial charge in [-0.15, -0.1) is 0 Å². The summed E-state index contributed by atoms with van der Waals surface area (Å²) < 4.78 is 5.85. The minimum Gasteiger partial charge on any atom is -0.370 e. The first-order valence-corrected chi connectivity index (χ1v) is 7.51. The highest BCUT2D eigenvalue weighted by Crippen LogP contribution is 2.29. The molecule has 5 nitrogen and oxygen atoms in total. The lowest BCUT2D eigenvalue weighted by atomic mass is 10.1. The quantitative estimate of drug-likeness (QED) is 0.636. The Hall–Kier alpha value is -2.66. The summed E-state index contributed by atoms with van der Waals surface area (Å²) in [6.07, 6.45) is 1.76. The third-order valence-electron chi connectivity index (χ3n) is 4.04. The summed E-state index contributed by atoms with van der Waals surface area (Å²) in [5.41, 5.74) is 3.28. The Morgan fingerprint density at radius 2 is 1.96 bits per heavy atom. The number of para-hydroxylation sites is 1. The summed E-state index contributed by atoms with van der Waals surface area (Å²) in [5.74, 6) is 0. The van der Waals surface area contributed by atoms with Crippen molar-refractivity contribution in [2.45, 2.75) is 6.10 Å². The smallest absolute Gasteiger partial charge is 0.269 e. The molecule has 1 fully saturated rings. The van der Waals surface area contributed by atoms with Gasteiger partial charge in [0.05, 0.1) is 11.5 Å². The van der Waals surface area contributed by atoms with Gasteiger partial charge in [0.25, 0.3) is 5.69 Å². The fourth-order valence-electron chi connectivity index (χ4n) is 2.83. The van der Waals surface area contributed by atoms with Crippen LogP contribution in [0.3, 0.4) is 0 Å². The molecule has 3 rings (SSSR count). The van der Waals surface area contributed by atoms with Gasteiger partial charge in [-0.3, -0.25) is 10.1 Å². The van der Waals surface area contributed by atoms with Gasteiger partial charge < -0.3 is 9.64 Å². The monoisotopic (exact) mass is 310 g/mol. The van der Waals surface area contributed by atoms with Gasteiger partial charge in [0, 0.05) is 30.9 Å². The van der Waals surface area contributed by atoms with E-state index in [4.69, 9.17) is 4.74 Å². The van der Waals surface area contributed by atoms with Gasteiger partial charge in [-0.05, 0) is 29.3 Å². The van der Waals surface area contributed by atoms with Crippen molar-refractivity contribution < 1.29 is 9.66 Å². The largest absolute Gasteiger partial charge is 0.370 e. The average molecular weight is 310 g/mol. The first-order chi connectivity index (χ1) is 11.2. The number of morpholine rings is 1. The molecule has 23 heavy (non-hydrogen) atoms. The van der Waals surface area contributed by atoms with Gasteiger partial charge in [0.15, 0.2) is 0 Å². The SMILES string of the molecule is C=Cc1ccccc1N1CCO[C@H](c2ccc([N+](=O)[O-])cc2)C1. The van der Waals surface area contributed by atoms with E-state index < -0.39 is 4.92 Å². The van der Waals surface area contributed by atoms with Gasteiger partial charge in [-0.1, -0.05) is 30.9 Å². The summed E-state index contributed by atoms with van der Waals surface area (Å²) >= 11 is 0. The molecule has 0 N–H and O–H groups in total. The summed E-state index contributed by atoms with van der Waals surface area (Å²) in [6, 6.07) is 14.7. The molecule has 0 aromatic heterocycles. The molecule has 0 unspecified atom stereocenters. The highest BCUT2D eigenvalue weighted by Gasteiger charge is 2.23. The lowest BCUT2D eigenvalue weighted by molar-refractivity contribution is -0.384. The maximum absolute atomic E-state index is 10.8. The first kappa shape index (κ1) is 15.2. The van der Waals surface area contributed by atoms with E-state index >= 15 is 0 Å². The molecule has 2 aromatic rings. The Kier molecular flexibility index (Phi) is 4.39. The van der Waals surface area contributed by atoms with Crippen LogP contribution >= 0.6 is 0 Å². The molecular formula is C18H18N2O3. The summed E-state index contributed by atoms with van der Waals surface area (Å²) in [7, 11) is 0. The molecule has 0 saturated carbocycles. The third-order valence-corrected chi connectivity index (χ3v) is 4.04. The lowest BCUT2D eigenvalue weighted by Crippen LogP contribution is -2.38. The van der Waals surface area contributed by atoms with Crippen LogP contribution in [0.4, 0.5) is 11.4 Å². The molecule has 0 radical (unpaired) electrons. The van der Waals surface area contributed by atoms with Gasteiger partial charge in [-0.2, -0.15) is 0 Å². The fraction of sp³-hybridized carbons (Fsp3) is 0.222. The molecule has 5 heteroatoms. The van der Waals surface area contributed by atoms with Gasteiger partial charge in [0.2, 0.25) is 0 Å². The topological polar surface area (TPSA) is 55.6 Å². The van der Waals surface area contributed by atoms with Crippen LogP contribution in [-0.4, -0.2) is 24.6 Å². The average Bonchev–Trinajstić information content (AvgIpc) is 2.62. The standard InChI is InChI=1S/C18H18N2O3/c1-2-14-5-3-4-6-17(14)19-11-12-23-18(13-19)15-7-9-16(10-8-15)20(21)22/h2-10,18H,1,11-13H2/t18-/m0/s1. The molecule has 0 amide bonds. The molecule has 1 saturated heterocycles. The first-order valence-electron chi connectivity index (χ1n) is 7.51. The van der Waals surface area contributed by atoms with E-state index in [9.17, 15) is 10.1 Å². The van der Waals surface area contributed by atoms with E-state index in [1.54, 1.807) is 12.1 Å². The number of nitrogens with zero attached hydrogens (tertiary/aromatic N) is 2. The van der Waals surface area contributed by atoms with Crippen molar-refractivity contribution in [1.82, 2.24) is 0 Å². The van der Waals surface area contributed by atoms with E-state index in [0.717, 1.165) is 23.4 Å². The van der Waals surface area contributed by atoms with Crippen LogP contribution in [0.25, 0.3) is 6.08 Å². The van der Waals surface area contributed by atoms with Gasteiger partial charge in [0.1, 0.15) is 6.10 Å². The van der Waals surface area contributed by atoms with Crippen molar-refractivity contribution in [3.8, 4) is 0 Å². The van der Waals surface area contributed by atoms with Crippen molar-refractivity contribution in [1.29, 1.82) is 0 Å². The Morgan fingerprint density at radius 3 is 2.65 bits per heavy atom. The lowest BCUT2D eigenvalue weighted by Gasteiger charge is -2.35. The molecule has 1 aliphatic rings. The second kappa shape index (κ2) is 6.62. The number of nitro groups is 1. The van der Waals surface area contributed by atoms with Gasteiger partial charge in [-0.25, -0.2) is 0 Å². The van der Waals surface area contributed by atoms with Crippen molar-refractivity contribution >= 4 is 17.5 Å². The summed E-state index contributed by atoms with van der Waals surface area (Å²) in [4.78, 5) is 12.6. The number of rotatable bonds is 4. The molecule has 1 heterocycles. The summed E-state index contributed by atoms with van der Waals surface area (Å²) in [6.45, 7) is 6.01. The number of hydrogen-bond donors (Lipinski definition) is 0. The van der Waals surface area contributed by atoms with Crippen molar-refractivity contribution in [3.05, 3.63) is 76.4 Å². The van der Waals surface area contributed by atoms with E-state index in [0.29, 0.717) is 13.2 Å². The number of non-ortho nitro benzene ring substituents is 1. The molecule has 1 aliphatic heterocycles. The van der Waals surface area contributed by atoms with Crippen molar-refractivity contribution in [2.24, 2.45) is 0 Å². The van der Waals surface area contributed by atoms with Crippen molar-refractivity contribution in [2.75, 3.05) is 24.6 Å². The van der Waals surface area contributed by atoms with E-state index in [2.05, 4.69) is 17.5 Å². The van der Waals surface area contributed by atoms with Crippen LogP contribution in [0.15, 0.2) is 55.1 Å². The zero-order valence-electron chi connectivity index (χ0n) is 12.7. The molecule has 0 aliphatic carbocycles.